The van der Waals surface area contributed by atoms with E-state index in [0.717, 1.165) is 71.4 Å². The third-order valence-electron chi connectivity index (χ3n) is 6.09. The fraction of sp³-hybridized carbons (Fsp3) is 0.682. The molecule has 0 unspecified atom stereocenters. The Bertz CT molecular complexity index is 855. The zero-order valence-electron chi connectivity index (χ0n) is 18.7. The number of methoxy groups -OCH3 is 1. The average Bonchev–Trinajstić information content (AvgIpc) is 2.81. The number of ether oxygens (including phenoxy) is 2. The summed E-state index contributed by atoms with van der Waals surface area (Å²) in [7, 11) is -2.40. The maximum atomic E-state index is 13.5. The second kappa shape index (κ2) is 12.2. The summed E-state index contributed by atoms with van der Waals surface area (Å²) in [4.78, 5) is 15.1. The molecule has 1 heterocycles. The zero-order valence-corrected chi connectivity index (χ0v) is 20.3. The van der Waals surface area contributed by atoms with Gasteiger partial charge in [0.15, 0.2) is 0 Å². The lowest BCUT2D eigenvalue weighted by Crippen LogP contribution is -2.47. The van der Waals surface area contributed by atoms with Crippen LogP contribution in [0.3, 0.4) is 0 Å². The highest BCUT2D eigenvalue weighted by Crippen LogP contribution is 2.31. The van der Waals surface area contributed by atoms with Crippen molar-refractivity contribution in [2.75, 3.05) is 53.0 Å². The van der Waals surface area contributed by atoms with Crippen LogP contribution in [0.4, 0.5) is 0 Å². The van der Waals surface area contributed by atoms with Gasteiger partial charge in [-0.05, 0) is 44.0 Å². The van der Waals surface area contributed by atoms with E-state index in [2.05, 4.69) is 10.2 Å². The van der Waals surface area contributed by atoms with Gasteiger partial charge in [0.25, 0.3) is 0 Å². The largest absolute Gasteiger partial charge is 0.495 e. The van der Waals surface area contributed by atoms with Crippen molar-refractivity contribution in [1.82, 2.24) is 14.5 Å². The third-order valence-corrected chi connectivity index (χ3v) is 8.28. The monoisotopic (exact) mass is 487 g/mol. The van der Waals surface area contributed by atoms with Crippen molar-refractivity contribution >= 4 is 27.5 Å². The van der Waals surface area contributed by atoms with Gasteiger partial charge in [-0.3, -0.25) is 9.69 Å². The molecule has 1 amide bonds. The van der Waals surface area contributed by atoms with Crippen molar-refractivity contribution in [2.24, 2.45) is 0 Å². The summed E-state index contributed by atoms with van der Waals surface area (Å²) >= 11 is 6.18. The number of nitrogens with one attached hydrogen (secondary N) is 1. The van der Waals surface area contributed by atoms with Crippen molar-refractivity contribution in [3.05, 3.63) is 23.2 Å². The van der Waals surface area contributed by atoms with Crippen molar-refractivity contribution in [2.45, 2.75) is 49.5 Å². The van der Waals surface area contributed by atoms with Gasteiger partial charge >= 0.3 is 0 Å². The third kappa shape index (κ3) is 6.81. The Kier molecular flexibility index (Phi) is 9.61. The highest BCUT2D eigenvalue weighted by molar-refractivity contribution is 7.89. The minimum atomic E-state index is -3.88. The molecule has 2 aliphatic rings. The Morgan fingerprint density at radius 1 is 1.25 bits per heavy atom. The molecule has 1 aromatic rings. The molecule has 3 rings (SSSR count). The molecular formula is C22H34ClN3O5S. The van der Waals surface area contributed by atoms with Crippen LogP contribution in [0.5, 0.6) is 5.75 Å². The highest BCUT2D eigenvalue weighted by atomic mass is 35.5. The van der Waals surface area contributed by atoms with Gasteiger partial charge in [0, 0.05) is 25.7 Å². The number of hydrogen-bond acceptors (Lipinski definition) is 6. The number of benzene rings is 1. The van der Waals surface area contributed by atoms with Crippen molar-refractivity contribution in [1.29, 1.82) is 0 Å². The molecular weight excluding hydrogens is 454 g/mol. The van der Waals surface area contributed by atoms with Crippen LogP contribution in [0.25, 0.3) is 0 Å². The average molecular weight is 488 g/mol. The first kappa shape index (κ1) is 25.2. The predicted octanol–water partition coefficient (Wildman–Crippen LogP) is 2.51. The normalized spacial score (nSPS) is 18.6. The summed E-state index contributed by atoms with van der Waals surface area (Å²) in [5.41, 5.74) is 0. The number of halogens is 1. The summed E-state index contributed by atoms with van der Waals surface area (Å²) in [6.07, 6.45) is 5.34. The number of hydrogen-bond donors (Lipinski definition) is 1. The zero-order chi connectivity index (χ0) is 23.0. The van der Waals surface area contributed by atoms with E-state index in [1.165, 1.54) is 23.5 Å². The quantitative estimate of drug-likeness (QED) is 0.510. The molecule has 32 heavy (non-hydrogen) atoms. The van der Waals surface area contributed by atoms with Gasteiger partial charge in [-0.2, -0.15) is 4.31 Å². The van der Waals surface area contributed by atoms with Gasteiger partial charge in [0.05, 0.1) is 36.8 Å². The second-order valence-corrected chi connectivity index (χ2v) is 10.6. The maximum Gasteiger partial charge on any atom is 0.243 e. The van der Waals surface area contributed by atoms with Crippen LogP contribution < -0.4 is 10.1 Å². The van der Waals surface area contributed by atoms with E-state index in [1.807, 2.05) is 0 Å². The molecule has 1 N–H and O–H groups in total. The van der Waals surface area contributed by atoms with Gasteiger partial charge < -0.3 is 14.8 Å². The minimum Gasteiger partial charge on any atom is -0.495 e. The standard InChI is InChI=1S/C22H34ClN3O5S/c1-30-21-9-8-19(16-20(21)23)32(28,29)26(18-6-3-2-4-7-18)17-22(27)24-10-5-11-25-12-14-31-15-13-25/h8-9,16,18H,2-7,10-15,17H2,1H3,(H,24,27). The van der Waals surface area contributed by atoms with Crippen LogP contribution in [0, 0.1) is 0 Å². The maximum absolute atomic E-state index is 13.5. The summed E-state index contributed by atoms with van der Waals surface area (Å²) < 4.78 is 38.8. The highest BCUT2D eigenvalue weighted by Gasteiger charge is 2.34. The molecule has 1 aliphatic carbocycles. The first-order valence-corrected chi connectivity index (χ1v) is 13.2. The second-order valence-electron chi connectivity index (χ2n) is 8.30. The Morgan fingerprint density at radius 2 is 1.97 bits per heavy atom. The topological polar surface area (TPSA) is 88.2 Å². The fourth-order valence-electron chi connectivity index (χ4n) is 4.27. The minimum absolute atomic E-state index is 0.0778. The molecule has 1 aliphatic heterocycles. The lowest BCUT2D eigenvalue weighted by atomic mass is 9.95. The first-order chi connectivity index (χ1) is 15.4. The Labute approximate surface area is 196 Å². The van der Waals surface area contributed by atoms with E-state index in [-0.39, 0.29) is 28.4 Å². The number of carbonyl (C=O) groups excluding carboxylic acids is 1. The van der Waals surface area contributed by atoms with E-state index in [0.29, 0.717) is 12.3 Å². The van der Waals surface area contributed by atoms with Gasteiger partial charge in [0.2, 0.25) is 15.9 Å². The van der Waals surface area contributed by atoms with Crippen LogP contribution in [0.1, 0.15) is 38.5 Å². The van der Waals surface area contributed by atoms with Crippen LogP contribution >= 0.6 is 11.6 Å². The summed E-state index contributed by atoms with van der Waals surface area (Å²) in [6.45, 7) is 4.53. The molecule has 0 radical (unpaired) electrons. The lowest BCUT2D eigenvalue weighted by Gasteiger charge is -2.33. The molecule has 0 atom stereocenters. The van der Waals surface area contributed by atoms with Crippen molar-refractivity contribution in [3.8, 4) is 5.75 Å². The smallest absolute Gasteiger partial charge is 0.243 e. The Morgan fingerprint density at radius 3 is 2.62 bits per heavy atom. The SMILES string of the molecule is COc1ccc(S(=O)(=O)N(CC(=O)NCCCN2CCOCC2)C2CCCCC2)cc1Cl. The molecule has 8 nitrogen and oxygen atoms in total. The summed E-state index contributed by atoms with van der Waals surface area (Å²) in [5.74, 6) is 0.133. The molecule has 180 valence electrons. The van der Waals surface area contributed by atoms with Gasteiger partial charge in [-0.1, -0.05) is 30.9 Å². The van der Waals surface area contributed by atoms with E-state index >= 15 is 0 Å². The molecule has 0 bridgehead atoms. The van der Waals surface area contributed by atoms with Crippen LogP contribution in [0.2, 0.25) is 5.02 Å². The number of carbonyl (C=O) groups is 1. The van der Waals surface area contributed by atoms with Gasteiger partial charge in [-0.25, -0.2) is 8.42 Å². The fourth-order valence-corrected chi connectivity index (χ4v) is 6.27. The molecule has 2 fully saturated rings. The number of sulfonamides is 1. The number of rotatable bonds is 10. The van der Waals surface area contributed by atoms with Gasteiger partial charge in [0.1, 0.15) is 5.75 Å². The van der Waals surface area contributed by atoms with Crippen LogP contribution in [-0.4, -0.2) is 82.6 Å². The lowest BCUT2D eigenvalue weighted by molar-refractivity contribution is -0.121. The molecule has 10 heteroatoms. The Hall–Kier alpha value is -1.39. The molecule has 1 aromatic carbocycles. The van der Waals surface area contributed by atoms with Crippen LogP contribution in [-0.2, 0) is 19.6 Å². The van der Waals surface area contributed by atoms with Gasteiger partial charge in [-0.15, -0.1) is 0 Å². The van der Waals surface area contributed by atoms with E-state index < -0.39 is 10.0 Å². The van der Waals surface area contributed by atoms with Crippen molar-refractivity contribution < 1.29 is 22.7 Å². The number of morpholine rings is 1. The summed E-state index contributed by atoms with van der Waals surface area (Å²) in [6, 6.07) is 4.23. The first-order valence-electron chi connectivity index (χ1n) is 11.3. The van der Waals surface area contributed by atoms with E-state index in [9.17, 15) is 13.2 Å². The van der Waals surface area contributed by atoms with Crippen LogP contribution in [0.15, 0.2) is 23.1 Å². The van der Waals surface area contributed by atoms with E-state index in [4.69, 9.17) is 21.1 Å². The van der Waals surface area contributed by atoms with E-state index in [1.54, 1.807) is 6.07 Å². The molecule has 1 saturated heterocycles. The number of amides is 1. The van der Waals surface area contributed by atoms with Crippen molar-refractivity contribution in [3.63, 3.8) is 0 Å². The molecule has 0 spiro atoms. The molecule has 1 saturated carbocycles. The summed E-state index contributed by atoms with van der Waals surface area (Å²) in [5, 5.41) is 3.12. The molecule has 0 aromatic heterocycles. The Balaban J connectivity index is 1.64. The number of nitrogens with zero attached hydrogens (tertiary/aromatic N) is 2. The predicted molar refractivity (Wildman–Crippen MR) is 124 cm³/mol.